The lowest BCUT2D eigenvalue weighted by molar-refractivity contribution is 0.439. The molecule has 0 saturated carbocycles. The van der Waals surface area contributed by atoms with Gasteiger partial charge in [0, 0.05) is 5.56 Å². The van der Waals surface area contributed by atoms with Crippen molar-refractivity contribution in [3.8, 4) is 22.4 Å². The molecule has 0 radical (unpaired) electrons. The van der Waals surface area contributed by atoms with E-state index in [2.05, 4.69) is 5.16 Å². The van der Waals surface area contributed by atoms with E-state index in [-0.39, 0.29) is 11.7 Å². The summed E-state index contributed by atoms with van der Waals surface area (Å²) in [6.07, 6.45) is 0. The number of hydrogen-bond acceptors (Lipinski definition) is 3. The molecule has 100 valence electrons. The van der Waals surface area contributed by atoms with E-state index in [1.807, 2.05) is 37.3 Å². The molecule has 4 heteroatoms. The van der Waals surface area contributed by atoms with Gasteiger partial charge < -0.3 is 10.3 Å². The van der Waals surface area contributed by atoms with Crippen molar-refractivity contribution < 1.29 is 8.91 Å². The summed E-state index contributed by atoms with van der Waals surface area (Å²) in [5.74, 6) is -0.0824. The average molecular weight is 268 g/mol. The van der Waals surface area contributed by atoms with Gasteiger partial charge in [-0.15, -0.1) is 0 Å². The van der Waals surface area contributed by atoms with Crippen molar-refractivity contribution in [3.05, 3.63) is 59.9 Å². The summed E-state index contributed by atoms with van der Waals surface area (Å²) in [6.45, 7) is 1.90. The molecule has 0 aliphatic rings. The second kappa shape index (κ2) is 4.81. The molecule has 0 bridgehead atoms. The van der Waals surface area contributed by atoms with Crippen LogP contribution in [0.3, 0.4) is 0 Å². The minimum absolute atomic E-state index is 0.231. The number of nitrogens with zero attached hydrogens (tertiary/aromatic N) is 1. The van der Waals surface area contributed by atoms with Gasteiger partial charge in [-0.25, -0.2) is 4.39 Å². The number of aromatic nitrogens is 1. The molecule has 0 unspecified atom stereocenters. The molecule has 1 heterocycles. The van der Waals surface area contributed by atoms with E-state index in [0.29, 0.717) is 16.8 Å². The molecule has 1 aromatic heterocycles. The van der Waals surface area contributed by atoms with Crippen LogP contribution in [0.1, 0.15) is 5.56 Å². The van der Waals surface area contributed by atoms with Crippen LogP contribution in [-0.4, -0.2) is 5.16 Å². The number of rotatable bonds is 2. The first-order valence-electron chi connectivity index (χ1n) is 6.24. The number of halogens is 1. The van der Waals surface area contributed by atoms with Crippen LogP contribution < -0.4 is 5.73 Å². The Morgan fingerprint density at radius 3 is 2.60 bits per heavy atom. The van der Waals surface area contributed by atoms with E-state index in [9.17, 15) is 4.39 Å². The van der Waals surface area contributed by atoms with Crippen LogP contribution in [0.2, 0.25) is 0 Å². The fourth-order valence-electron chi connectivity index (χ4n) is 2.22. The summed E-state index contributed by atoms with van der Waals surface area (Å²) in [4.78, 5) is 0. The Kier molecular flexibility index (Phi) is 2.99. The highest BCUT2D eigenvalue weighted by Gasteiger charge is 2.18. The summed E-state index contributed by atoms with van der Waals surface area (Å²) in [7, 11) is 0. The van der Waals surface area contributed by atoms with Crippen LogP contribution in [0.25, 0.3) is 22.4 Å². The van der Waals surface area contributed by atoms with Crippen molar-refractivity contribution in [3.63, 3.8) is 0 Å². The minimum Gasteiger partial charge on any atom is -0.367 e. The summed E-state index contributed by atoms with van der Waals surface area (Å²) in [5.41, 5.74) is 9.62. The topological polar surface area (TPSA) is 52.0 Å². The Hall–Kier alpha value is -2.62. The Bertz CT molecular complexity index is 750. The normalized spacial score (nSPS) is 10.7. The van der Waals surface area contributed by atoms with Gasteiger partial charge in [-0.2, -0.15) is 0 Å². The van der Waals surface area contributed by atoms with E-state index >= 15 is 0 Å². The number of nitrogen functional groups attached to an aromatic ring is 1. The number of aryl methyl sites for hydroxylation is 1. The number of benzene rings is 2. The molecule has 20 heavy (non-hydrogen) atoms. The van der Waals surface area contributed by atoms with Crippen molar-refractivity contribution in [1.29, 1.82) is 0 Å². The second-order valence-corrected chi connectivity index (χ2v) is 4.60. The van der Waals surface area contributed by atoms with Gasteiger partial charge in [0.15, 0.2) is 0 Å². The number of nitrogens with two attached hydrogens (primary N) is 1. The van der Waals surface area contributed by atoms with Crippen LogP contribution >= 0.6 is 0 Å². The molecule has 0 atom stereocenters. The lowest BCUT2D eigenvalue weighted by atomic mass is 9.98. The third kappa shape index (κ3) is 2.05. The minimum atomic E-state index is -0.314. The lowest BCUT2D eigenvalue weighted by Gasteiger charge is -2.06. The van der Waals surface area contributed by atoms with Crippen LogP contribution in [-0.2, 0) is 0 Å². The lowest BCUT2D eigenvalue weighted by Crippen LogP contribution is -1.90. The van der Waals surface area contributed by atoms with Crippen LogP contribution in [0.5, 0.6) is 0 Å². The Balaban J connectivity index is 2.24. The first-order chi connectivity index (χ1) is 9.66. The van der Waals surface area contributed by atoms with Crippen LogP contribution in [0.4, 0.5) is 10.3 Å². The quantitative estimate of drug-likeness (QED) is 0.763. The fraction of sp³-hybridized carbons (Fsp3) is 0.0625. The maximum absolute atomic E-state index is 13.5. The monoisotopic (exact) mass is 268 g/mol. The van der Waals surface area contributed by atoms with E-state index in [1.54, 1.807) is 6.07 Å². The molecule has 0 amide bonds. The SMILES string of the molecule is Cc1ccc(F)cc1-c1noc(N)c1-c1ccccc1. The smallest absolute Gasteiger partial charge is 0.230 e. The molecule has 3 rings (SSSR count). The summed E-state index contributed by atoms with van der Waals surface area (Å²) in [5, 5.41) is 4.00. The van der Waals surface area contributed by atoms with Gasteiger partial charge in [0.05, 0.1) is 5.56 Å². The van der Waals surface area contributed by atoms with Crippen LogP contribution in [0, 0.1) is 12.7 Å². The van der Waals surface area contributed by atoms with E-state index in [4.69, 9.17) is 10.3 Å². The van der Waals surface area contributed by atoms with Gasteiger partial charge in [0.1, 0.15) is 11.5 Å². The molecule has 3 nitrogen and oxygen atoms in total. The molecule has 0 aliphatic carbocycles. The molecule has 3 aromatic rings. The summed E-state index contributed by atoms with van der Waals surface area (Å²) in [6, 6.07) is 14.1. The first-order valence-corrected chi connectivity index (χ1v) is 6.24. The standard InChI is InChI=1S/C16H13FN2O/c1-10-7-8-12(17)9-13(10)15-14(16(18)20-19-15)11-5-3-2-4-6-11/h2-9H,18H2,1H3. The highest BCUT2D eigenvalue weighted by Crippen LogP contribution is 2.37. The van der Waals surface area contributed by atoms with E-state index in [0.717, 1.165) is 11.1 Å². The first kappa shape index (κ1) is 12.4. The van der Waals surface area contributed by atoms with Gasteiger partial charge in [0.2, 0.25) is 5.88 Å². The van der Waals surface area contributed by atoms with Gasteiger partial charge in [-0.3, -0.25) is 0 Å². The van der Waals surface area contributed by atoms with Crippen molar-refractivity contribution in [1.82, 2.24) is 5.16 Å². The van der Waals surface area contributed by atoms with Gasteiger partial charge in [-0.05, 0) is 30.2 Å². The second-order valence-electron chi connectivity index (χ2n) is 4.60. The number of hydrogen-bond donors (Lipinski definition) is 1. The maximum atomic E-state index is 13.5. The zero-order valence-electron chi connectivity index (χ0n) is 10.9. The van der Waals surface area contributed by atoms with E-state index in [1.165, 1.54) is 12.1 Å². The molecule has 0 saturated heterocycles. The highest BCUT2D eigenvalue weighted by molar-refractivity contribution is 5.87. The summed E-state index contributed by atoms with van der Waals surface area (Å²) >= 11 is 0. The molecule has 2 N–H and O–H groups in total. The molecular formula is C16H13FN2O. The molecule has 0 spiro atoms. The molecule has 2 aromatic carbocycles. The van der Waals surface area contributed by atoms with Crippen LogP contribution in [0.15, 0.2) is 53.1 Å². The Morgan fingerprint density at radius 1 is 1.10 bits per heavy atom. The van der Waals surface area contributed by atoms with Gasteiger partial charge >= 0.3 is 0 Å². The molecule has 0 fully saturated rings. The number of anilines is 1. The Labute approximate surface area is 115 Å². The van der Waals surface area contributed by atoms with Crippen molar-refractivity contribution in [2.24, 2.45) is 0 Å². The maximum Gasteiger partial charge on any atom is 0.230 e. The average Bonchev–Trinajstić information content (AvgIpc) is 2.84. The largest absolute Gasteiger partial charge is 0.367 e. The predicted molar refractivity (Wildman–Crippen MR) is 76.5 cm³/mol. The third-order valence-corrected chi connectivity index (χ3v) is 3.24. The zero-order valence-corrected chi connectivity index (χ0v) is 10.9. The molecular weight excluding hydrogens is 255 g/mol. The van der Waals surface area contributed by atoms with Crippen molar-refractivity contribution >= 4 is 5.88 Å². The molecule has 0 aliphatic heterocycles. The van der Waals surface area contributed by atoms with Crippen molar-refractivity contribution in [2.45, 2.75) is 6.92 Å². The predicted octanol–water partition coefficient (Wildman–Crippen LogP) is 4.04. The van der Waals surface area contributed by atoms with Gasteiger partial charge in [0.25, 0.3) is 0 Å². The van der Waals surface area contributed by atoms with Crippen molar-refractivity contribution in [2.75, 3.05) is 5.73 Å². The summed E-state index contributed by atoms with van der Waals surface area (Å²) < 4.78 is 18.6. The third-order valence-electron chi connectivity index (χ3n) is 3.24. The van der Waals surface area contributed by atoms with Gasteiger partial charge in [-0.1, -0.05) is 41.6 Å². The zero-order chi connectivity index (χ0) is 14.1. The fourth-order valence-corrected chi connectivity index (χ4v) is 2.22. The van der Waals surface area contributed by atoms with E-state index < -0.39 is 0 Å². The Morgan fingerprint density at radius 2 is 1.85 bits per heavy atom. The highest BCUT2D eigenvalue weighted by atomic mass is 19.1.